The number of nitrogens with zero attached hydrogens (tertiary/aromatic N) is 5. The molecule has 0 bridgehead atoms. The number of amides is 2. The number of rotatable bonds is 6. The van der Waals surface area contributed by atoms with Crippen molar-refractivity contribution < 1.29 is 4.79 Å². The number of aromatic nitrogens is 3. The highest BCUT2D eigenvalue weighted by molar-refractivity contribution is 5.74. The Morgan fingerprint density at radius 3 is 2.59 bits per heavy atom. The highest BCUT2D eigenvalue weighted by Gasteiger charge is 2.16. The number of hydrogen-bond donors (Lipinski definition) is 2. The van der Waals surface area contributed by atoms with Crippen molar-refractivity contribution in [2.24, 2.45) is 7.05 Å². The Kier molecular flexibility index (Phi) is 6.14. The normalized spacial score (nSPS) is 18.1. The summed E-state index contributed by atoms with van der Waals surface area (Å²) < 4.78 is 1.80. The van der Waals surface area contributed by atoms with Crippen LogP contribution in [0.25, 0.3) is 0 Å². The van der Waals surface area contributed by atoms with Crippen LogP contribution in [0.1, 0.15) is 25.7 Å². The fraction of sp³-hybridized carbons (Fsp3) is 0.786. The molecule has 22 heavy (non-hydrogen) atoms. The van der Waals surface area contributed by atoms with Gasteiger partial charge >= 0.3 is 6.03 Å². The molecular weight excluding hydrogens is 282 g/mol. The van der Waals surface area contributed by atoms with Crippen LogP contribution in [0.2, 0.25) is 0 Å². The predicted molar refractivity (Wildman–Crippen MR) is 84.5 cm³/mol. The minimum atomic E-state index is -0.166. The van der Waals surface area contributed by atoms with E-state index in [0.717, 1.165) is 45.1 Å². The Labute approximate surface area is 131 Å². The molecule has 1 aromatic rings. The molecule has 0 aliphatic carbocycles. The molecule has 2 amide bonds. The van der Waals surface area contributed by atoms with E-state index in [0.29, 0.717) is 6.54 Å². The van der Waals surface area contributed by atoms with Crippen molar-refractivity contribution in [1.82, 2.24) is 35.2 Å². The molecular formula is C14H27N7O. The molecule has 2 rings (SSSR count). The number of piperazine rings is 1. The molecule has 1 aliphatic rings. The lowest BCUT2D eigenvalue weighted by Crippen LogP contribution is -2.49. The average Bonchev–Trinajstić information content (AvgIpc) is 2.94. The first-order chi connectivity index (χ1) is 10.6. The lowest BCUT2D eigenvalue weighted by Gasteiger charge is -2.33. The second-order valence-corrected chi connectivity index (χ2v) is 5.70. The zero-order valence-electron chi connectivity index (χ0n) is 13.7. The summed E-state index contributed by atoms with van der Waals surface area (Å²) in [7, 11) is 1.86. The molecule has 0 radical (unpaired) electrons. The summed E-state index contributed by atoms with van der Waals surface area (Å²) in [5, 5.41) is 13.6. The van der Waals surface area contributed by atoms with Crippen molar-refractivity contribution >= 4 is 6.03 Å². The first-order valence-electron chi connectivity index (χ1n) is 7.93. The van der Waals surface area contributed by atoms with Crippen LogP contribution in [0.3, 0.4) is 0 Å². The van der Waals surface area contributed by atoms with Crippen LogP contribution < -0.4 is 10.6 Å². The molecule has 1 saturated heterocycles. The average molecular weight is 309 g/mol. The number of urea groups is 1. The van der Waals surface area contributed by atoms with Crippen molar-refractivity contribution in [3.05, 3.63) is 12.2 Å². The number of nitrogens with one attached hydrogen (secondary N) is 2. The van der Waals surface area contributed by atoms with Crippen LogP contribution in [-0.2, 0) is 7.05 Å². The van der Waals surface area contributed by atoms with Gasteiger partial charge in [-0.1, -0.05) is 6.92 Å². The van der Waals surface area contributed by atoms with Crippen molar-refractivity contribution in [1.29, 1.82) is 0 Å². The maximum absolute atomic E-state index is 11.9. The van der Waals surface area contributed by atoms with Crippen LogP contribution in [0, 0.1) is 0 Å². The molecule has 0 spiro atoms. The zero-order valence-corrected chi connectivity index (χ0v) is 13.7. The number of hydrogen-bond acceptors (Lipinski definition) is 5. The van der Waals surface area contributed by atoms with Gasteiger partial charge in [0.25, 0.3) is 0 Å². The third kappa shape index (κ3) is 4.67. The number of carbonyl (C=O) groups excluding carboxylic acids is 1. The minimum Gasteiger partial charge on any atom is -0.337 e. The van der Waals surface area contributed by atoms with Gasteiger partial charge in [-0.15, -0.1) is 10.2 Å². The van der Waals surface area contributed by atoms with Crippen LogP contribution in [-0.4, -0.2) is 76.4 Å². The molecule has 1 fully saturated rings. The Balaban J connectivity index is 1.63. The summed E-state index contributed by atoms with van der Waals surface area (Å²) in [4.78, 5) is 16.7. The van der Waals surface area contributed by atoms with Gasteiger partial charge < -0.3 is 20.1 Å². The Morgan fingerprint density at radius 2 is 2.00 bits per heavy atom. The molecule has 1 aliphatic heterocycles. The third-order valence-corrected chi connectivity index (χ3v) is 4.11. The van der Waals surface area contributed by atoms with Gasteiger partial charge in [0.05, 0.1) is 6.04 Å². The summed E-state index contributed by atoms with van der Waals surface area (Å²) in [6.07, 6.45) is 1.63. The maximum Gasteiger partial charge on any atom is 0.315 e. The summed E-state index contributed by atoms with van der Waals surface area (Å²) in [6, 6.07) is -0.330. The van der Waals surface area contributed by atoms with E-state index in [4.69, 9.17) is 0 Å². The quantitative estimate of drug-likeness (QED) is 0.762. The molecule has 8 heteroatoms. The Bertz CT molecular complexity index is 468. The fourth-order valence-electron chi connectivity index (χ4n) is 2.65. The lowest BCUT2D eigenvalue weighted by atomic mass is 10.3. The summed E-state index contributed by atoms with van der Waals surface area (Å²) in [6.45, 7) is 11.1. The first kappa shape index (κ1) is 16.7. The molecule has 0 unspecified atom stereocenters. The molecule has 0 saturated carbocycles. The highest BCUT2D eigenvalue weighted by atomic mass is 16.2. The molecule has 0 aromatic carbocycles. The highest BCUT2D eigenvalue weighted by Crippen LogP contribution is 2.06. The predicted octanol–water partition coefficient (Wildman–Crippen LogP) is -0.187. The summed E-state index contributed by atoms with van der Waals surface area (Å²) in [5.41, 5.74) is 0. The first-order valence-corrected chi connectivity index (χ1v) is 7.93. The summed E-state index contributed by atoms with van der Waals surface area (Å²) in [5.74, 6) is 0.742. The van der Waals surface area contributed by atoms with Gasteiger partial charge in [-0.2, -0.15) is 0 Å². The van der Waals surface area contributed by atoms with E-state index in [2.05, 4.69) is 37.6 Å². The maximum atomic E-state index is 11.9. The van der Waals surface area contributed by atoms with E-state index in [1.54, 1.807) is 10.9 Å². The zero-order chi connectivity index (χ0) is 15.9. The van der Waals surface area contributed by atoms with Crippen molar-refractivity contribution in [3.63, 3.8) is 0 Å². The number of carbonyl (C=O) groups is 1. The van der Waals surface area contributed by atoms with Crippen LogP contribution in [0.5, 0.6) is 0 Å². The van der Waals surface area contributed by atoms with E-state index in [-0.39, 0.29) is 12.1 Å². The van der Waals surface area contributed by atoms with Gasteiger partial charge in [0.2, 0.25) is 0 Å². The standard InChI is InChI=1S/C14H27N7O/c1-4-20-7-9-21(10-8-20)6-5-15-14(22)17-12(2)13-18-16-11-19(13)3/h11-12H,4-10H2,1-3H3,(H2,15,17,22)/t12-/m1/s1. The largest absolute Gasteiger partial charge is 0.337 e. The van der Waals surface area contributed by atoms with Crippen molar-refractivity contribution in [2.45, 2.75) is 19.9 Å². The van der Waals surface area contributed by atoms with Crippen LogP contribution in [0.4, 0.5) is 4.79 Å². The molecule has 1 atom stereocenters. The van der Waals surface area contributed by atoms with Gasteiger partial charge in [-0.25, -0.2) is 4.79 Å². The van der Waals surface area contributed by atoms with Crippen molar-refractivity contribution in [2.75, 3.05) is 45.8 Å². The SMILES string of the molecule is CCN1CCN(CCNC(=O)N[C@H](C)c2nncn2C)CC1. The topological polar surface area (TPSA) is 78.3 Å². The second-order valence-electron chi connectivity index (χ2n) is 5.70. The monoisotopic (exact) mass is 309 g/mol. The van der Waals surface area contributed by atoms with E-state index >= 15 is 0 Å². The molecule has 8 nitrogen and oxygen atoms in total. The van der Waals surface area contributed by atoms with E-state index in [1.165, 1.54) is 0 Å². The number of likely N-dealkylation sites (N-methyl/N-ethyl adjacent to an activating group) is 1. The van der Waals surface area contributed by atoms with Gasteiger partial charge in [0.15, 0.2) is 5.82 Å². The van der Waals surface area contributed by atoms with Gasteiger partial charge in [-0.05, 0) is 13.5 Å². The summed E-state index contributed by atoms with van der Waals surface area (Å²) >= 11 is 0. The van der Waals surface area contributed by atoms with Gasteiger partial charge in [0.1, 0.15) is 6.33 Å². The van der Waals surface area contributed by atoms with E-state index in [9.17, 15) is 4.79 Å². The smallest absolute Gasteiger partial charge is 0.315 e. The third-order valence-electron chi connectivity index (χ3n) is 4.11. The van der Waals surface area contributed by atoms with Crippen LogP contribution >= 0.6 is 0 Å². The Hall–Kier alpha value is -1.67. The van der Waals surface area contributed by atoms with Gasteiger partial charge in [0, 0.05) is 46.3 Å². The lowest BCUT2D eigenvalue weighted by molar-refractivity contribution is 0.138. The van der Waals surface area contributed by atoms with Crippen molar-refractivity contribution in [3.8, 4) is 0 Å². The minimum absolute atomic E-state index is 0.164. The second kappa shape index (κ2) is 8.09. The number of aryl methyl sites for hydroxylation is 1. The molecule has 124 valence electrons. The molecule has 2 N–H and O–H groups in total. The molecule has 2 heterocycles. The fourth-order valence-corrected chi connectivity index (χ4v) is 2.65. The van der Waals surface area contributed by atoms with Gasteiger partial charge in [-0.3, -0.25) is 4.90 Å². The van der Waals surface area contributed by atoms with E-state index in [1.807, 2.05) is 14.0 Å². The Morgan fingerprint density at radius 1 is 1.32 bits per heavy atom. The van der Waals surface area contributed by atoms with E-state index < -0.39 is 0 Å². The molecule has 1 aromatic heterocycles. The van der Waals surface area contributed by atoms with Crippen LogP contribution in [0.15, 0.2) is 6.33 Å².